The fourth-order valence-corrected chi connectivity index (χ4v) is 2.89. The van der Waals surface area contributed by atoms with E-state index >= 15 is 0 Å². The lowest BCUT2D eigenvalue weighted by Crippen LogP contribution is -2.28. The van der Waals surface area contributed by atoms with Gasteiger partial charge in [-0.15, -0.1) is 11.3 Å². The molecule has 0 aliphatic rings. The number of rotatable bonds is 8. The highest BCUT2D eigenvalue weighted by atomic mass is 32.1. The van der Waals surface area contributed by atoms with Crippen molar-refractivity contribution < 1.29 is 4.74 Å². The molecule has 3 N–H and O–H groups in total. The Labute approximate surface area is 124 Å². The van der Waals surface area contributed by atoms with Gasteiger partial charge in [-0.05, 0) is 48.5 Å². The summed E-state index contributed by atoms with van der Waals surface area (Å²) in [6.07, 6.45) is 1.96. The van der Waals surface area contributed by atoms with Crippen LogP contribution in [-0.2, 0) is 13.0 Å². The van der Waals surface area contributed by atoms with Gasteiger partial charge in [0.15, 0.2) is 0 Å². The molecule has 4 heteroatoms. The zero-order valence-electron chi connectivity index (χ0n) is 11.8. The Morgan fingerprint density at radius 1 is 1.30 bits per heavy atom. The molecule has 0 amide bonds. The SMILES string of the molecule is COc1cccc(CNCC[C@@H](N)Cc2cccs2)c1. The van der Waals surface area contributed by atoms with Crippen molar-refractivity contribution in [2.45, 2.75) is 25.4 Å². The first-order chi connectivity index (χ1) is 9.78. The maximum absolute atomic E-state index is 6.14. The van der Waals surface area contributed by atoms with Gasteiger partial charge in [-0.25, -0.2) is 0 Å². The second-order valence-electron chi connectivity index (χ2n) is 4.86. The van der Waals surface area contributed by atoms with E-state index in [0.717, 1.165) is 31.7 Å². The minimum atomic E-state index is 0.228. The van der Waals surface area contributed by atoms with Crippen molar-refractivity contribution in [1.29, 1.82) is 0 Å². The molecule has 2 rings (SSSR count). The van der Waals surface area contributed by atoms with Gasteiger partial charge in [-0.1, -0.05) is 18.2 Å². The molecule has 0 aliphatic carbocycles. The normalized spacial score (nSPS) is 12.3. The lowest BCUT2D eigenvalue weighted by atomic mass is 10.1. The standard InChI is InChI=1S/C16H22N2OS/c1-19-15-5-2-4-13(10-15)12-18-8-7-14(17)11-16-6-3-9-20-16/h2-6,9-10,14,18H,7-8,11-12,17H2,1H3/t14-/m1/s1. The molecule has 1 atom stereocenters. The molecule has 0 spiro atoms. The predicted octanol–water partition coefficient (Wildman–Crippen LogP) is 2.81. The van der Waals surface area contributed by atoms with E-state index in [1.54, 1.807) is 18.4 Å². The van der Waals surface area contributed by atoms with E-state index in [4.69, 9.17) is 10.5 Å². The fourth-order valence-electron chi connectivity index (χ4n) is 2.09. The Balaban J connectivity index is 1.65. The average Bonchev–Trinajstić information content (AvgIpc) is 2.97. The monoisotopic (exact) mass is 290 g/mol. The van der Waals surface area contributed by atoms with E-state index in [9.17, 15) is 0 Å². The van der Waals surface area contributed by atoms with Crippen LogP contribution >= 0.6 is 11.3 Å². The number of nitrogens with two attached hydrogens (primary N) is 1. The van der Waals surface area contributed by atoms with E-state index in [1.807, 2.05) is 12.1 Å². The first kappa shape index (κ1) is 15.0. The second-order valence-corrected chi connectivity index (χ2v) is 5.89. The number of nitrogens with one attached hydrogen (secondary N) is 1. The van der Waals surface area contributed by atoms with Crippen LogP contribution in [0.4, 0.5) is 0 Å². The highest BCUT2D eigenvalue weighted by Gasteiger charge is 2.04. The van der Waals surface area contributed by atoms with Crippen molar-refractivity contribution in [3.63, 3.8) is 0 Å². The first-order valence-electron chi connectivity index (χ1n) is 6.89. The molecule has 0 aliphatic heterocycles. The van der Waals surface area contributed by atoms with E-state index in [1.165, 1.54) is 10.4 Å². The summed E-state index contributed by atoms with van der Waals surface area (Å²) in [6, 6.07) is 12.6. The van der Waals surface area contributed by atoms with Gasteiger partial charge in [0, 0.05) is 17.5 Å². The summed E-state index contributed by atoms with van der Waals surface area (Å²) < 4.78 is 5.21. The summed E-state index contributed by atoms with van der Waals surface area (Å²) in [4.78, 5) is 1.37. The van der Waals surface area contributed by atoms with Crippen LogP contribution in [0, 0.1) is 0 Å². The van der Waals surface area contributed by atoms with Crippen LogP contribution in [-0.4, -0.2) is 19.7 Å². The van der Waals surface area contributed by atoms with Crippen molar-refractivity contribution in [2.75, 3.05) is 13.7 Å². The van der Waals surface area contributed by atoms with Gasteiger partial charge in [-0.3, -0.25) is 0 Å². The zero-order valence-corrected chi connectivity index (χ0v) is 12.7. The van der Waals surface area contributed by atoms with Gasteiger partial charge in [0.25, 0.3) is 0 Å². The third kappa shape index (κ3) is 4.96. The molecule has 20 heavy (non-hydrogen) atoms. The van der Waals surface area contributed by atoms with Crippen molar-refractivity contribution in [3.8, 4) is 5.75 Å². The molecule has 0 radical (unpaired) electrons. The molecule has 0 bridgehead atoms. The Morgan fingerprint density at radius 2 is 2.20 bits per heavy atom. The van der Waals surface area contributed by atoms with E-state index in [2.05, 4.69) is 35.0 Å². The lowest BCUT2D eigenvalue weighted by Gasteiger charge is -2.11. The smallest absolute Gasteiger partial charge is 0.119 e. The van der Waals surface area contributed by atoms with Crippen LogP contribution in [0.2, 0.25) is 0 Å². The van der Waals surface area contributed by atoms with Gasteiger partial charge in [0.1, 0.15) is 5.75 Å². The summed E-state index contributed by atoms with van der Waals surface area (Å²) in [5.41, 5.74) is 7.37. The van der Waals surface area contributed by atoms with Crippen LogP contribution in [0.15, 0.2) is 41.8 Å². The van der Waals surface area contributed by atoms with Crippen molar-refractivity contribution in [3.05, 3.63) is 52.2 Å². The molecule has 1 aromatic carbocycles. The van der Waals surface area contributed by atoms with Crippen molar-refractivity contribution in [2.24, 2.45) is 5.73 Å². The highest BCUT2D eigenvalue weighted by Crippen LogP contribution is 2.13. The summed E-state index contributed by atoms with van der Waals surface area (Å²) >= 11 is 1.78. The summed E-state index contributed by atoms with van der Waals surface area (Å²) in [7, 11) is 1.69. The maximum Gasteiger partial charge on any atom is 0.119 e. The van der Waals surface area contributed by atoms with E-state index < -0.39 is 0 Å². The molecule has 3 nitrogen and oxygen atoms in total. The Kier molecular flexibility index (Phi) is 6.05. The summed E-state index contributed by atoms with van der Waals surface area (Å²) in [5.74, 6) is 0.902. The minimum Gasteiger partial charge on any atom is -0.497 e. The highest BCUT2D eigenvalue weighted by molar-refractivity contribution is 7.09. The second kappa shape index (κ2) is 8.04. The molecule has 1 heterocycles. The van der Waals surface area contributed by atoms with E-state index in [0.29, 0.717) is 0 Å². The van der Waals surface area contributed by atoms with Crippen molar-refractivity contribution >= 4 is 11.3 Å². The number of ether oxygens (including phenoxy) is 1. The van der Waals surface area contributed by atoms with Crippen LogP contribution in [0.1, 0.15) is 16.9 Å². The summed E-state index contributed by atoms with van der Waals surface area (Å²) in [5, 5.41) is 5.53. The largest absolute Gasteiger partial charge is 0.497 e. The Hall–Kier alpha value is -1.36. The van der Waals surface area contributed by atoms with Gasteiger partial charge in [0.05, 0.1) is 7.11 Å². The molecule has 2 aromatic rings. The van der Waals surface area contributed by atoms with E-state index in [-0.39, 0.29) is 6.04 Å². The molecule has 0 saturated carbocycles. The topological polar surface area (TPSA) is 47.3 Å². The molecule has 1 aromatic heterocycles. The Morgan fingerprint density at radius 3 is 2.95 bits per heavy atom. The van der Waals surface area contributed by atoms with Gasteiger partial charge in [-0.2, -0.15) is 0 Å². The van der Waals surface area contributed by atoms with Crippen LogP contribution in [0.5, 0.6) is 5.75 Å². The Bertz CT molecular complexity index is 499. The number of thiophene rings is 1. The number of hydrogen-bond acceptors (Lipinski definition) is 4. The molecular weight excluding hydrogens is 268 g/mol. The number of benzene rings is 1. The fraction of sp³-hybridized carbons (Fsp3) is 0.375. The van der Waals surface area contributed by atoms with Crippen LogP contribution in [0.25, 0.3) is 0 Å². The maximum atomic E-state index is 6.14. The molecule has 0 saturated heterocycles. The average molecular weight is 290 g/mol. The van der Waals surface area contributed by atoms with Crippen LogP contribution in [0.3, 0.4) is 0 Å². The van der Waals surface area contributed by atoms with Gasteiger partial charge in [0.2, 0.25) is 0 Å². The molecule has 0 unspecified atom stereocenters. The number of hydrogen-bond donors (Lipinski definition) is 2. The number of methoxy groups -OCH3 is 1. The first-order valence-corrected chi connectivity index (χ1v) is 7.77. The predicted molar refractivity (Wildman–Crippen MR) is 85.3 cm³/mol. The third-order valence-electron chi connectivity index (χ3n) is 3.20. The molecule has 0 fully saturated rings. The lowest BCUT2D eigenvalue weighted by molar-refractivity contribution is 0.414. The van der Waals surface area contributed by atoms with Crippen molar-refractivity contribution in [1.82, 2.24) is 5.32 Å². The van der Waals surface area contributed by atoms with Gasteiger partial charge < -0.3 is 15.8 Å². The zero-order chi connectivity index (χ0) is 14.2. The third-order valence-corrected chi connectivity index (χ3v) is 4.10. The molecule has 108 valence electrons. The van der Waals surface area contributed by atoms with Crippen LogP contribution < -0.4 is 15.8 Å². The summed E-state index contributed by atoms with van der Waals surface area (Å²) in [6.45, 7) is 1.78. The molecular formula is C16H22N2OS. The minimum absolute atomic E-state index is 0.228. The van der Waals surface area contributed by atoms with Gasteiger partial charge >= 0.3 is 0 Å². The quantitative estimate of drug-likeness (QED) is 0.735.